The highest BCUT2D eigenvalue weighted by Crippen LogP contribution is 2.44. The summed E-state index contributed by atoms with van der Waals surface area (Å²) in [5.41, 5.74) is 2.06. The molecule has 3 rings (SSSR count). The van der Waals surface area contributed by atoms with Gasteiger partial charge in [-0.15, -0.1) is 11.8 Å². The second-order valence-corrected chi connectivity index (χ2v) is 11.4. The van der Waals surface area contributed by atoms with E-state index in [0.717, 1.165) is 11.8 Å². The van der Waals surface area contributed by atoms with Crippen molar-refractivity contribution in [2.75, 3.05) is 12.4 Å². The minimum atomic E-state index is -0.449. The number of carbonyl (C=O) groups is 3. The summed E-state index contributed by atoms with van der Waals surface area (Å²) < 4.78 is 5.04. The Morgan fingerprint density at radius 2 is 1.41 bits per heavy atom. The van der Waals surface area contributed by atoms with Crippen LogP contribution in [0.15, 0.2) is 41.3 Å². The molecule has 6 heteroatoms. The summed E-state index contributed by atoms with van der Waals surface area (Å²) in [7, 11) is 0. The number of carbonyl (C=O) groups excluding carboxylic acids is 3. The van der Waals surface area contributed by atoms with Crippen LogP contribution in [0.3, 0.4) is 0 Å². The molecule has 1 aliphatic carbocycles. The number of hydrogen-bond acceptors (Lipinski definition) is 6. The number of Topliss-reactive ketones (excluding diaryl/α,β-unsaturated/α-hetero) is 2. The first kappa shape index (κ1) is 25.8. The largest absolute Gasteiger partial charge is 0.507 e. The van der Waals surface area contributed by atoms with Gasteiger partial charge in [0.1, 0.15) is 5.75 Å². The number of allylic oxidation sites excluding steroid dienone is 2. The highest BCUT2D eigenvalue weighted by Gasteiger charge is 2.35. The maximum Gasteiger partial charge on any atom is 0.316 e. The number of aromatic hydroxyl groups is 1. The van der Waals surface area contributed by atoms with E-state index in [2.05, 4.69) is 0 Å². The molecule has 2 aromatic rings. The number of thioether (sulfide) groups is 1. The number of benzene rings is 2. The average molecular weight is 481 g/mol. The third-order valence-electron chi connectivity index (χ3n) is 5.73. The minimum Gasteiger partial charge on any atom is -0.507 e. The molecule has 0 aromatic heterocycles. The van der Waals surface area contributed by atoms with Gasteiger partial charge in [-0.05, 0) is 35.4 Å². The van der Waals surface area contributed by atoms with Crippen LogP contribution in [0.4, 0.5) is 0 Å². The molecule has 0 heterocycles. The highest BCUT2D eigenvalue weighted by atomic mass is 32.2. The molecule has 2 aromatic carbocycles. The molecular weight excluding hydrogens is 448 g/mol. The summed E-state index contributed by atoms with van der Waals surface area (Å²) >= 11 is 1.03. The molecule has 0 aliphatic heterocycles. The predicted molar refractivity (Wildman–Crippen MR) is 137 cm³/mol. The van der Waals surface area contributed by atoms with Gasteiger partial charge in [0.05, 0.1) is 17.3 Å². The third-order valence-corrected chi connectivity index (χ3v) is 6.79. The summed E-state index contributed by atoms with van der Waals surface area (Å²) in [6, 6.07) is 10.3. The number of phenolic OH excluding ortho intramolecular Hbond substituents is 1. The fourth-order valence-corrected chi connectivity index (χ4v) is 4.95. The van der Waals surface area contributed by atoms with Crippen LogP contribution in [0.25, 0.3) is 5.57 Å². The third kappa shape index (κ3) is 4.97. The zero-order valence-corrected chi connectivity index (χ0v) is 21.7. The van der Waals surface area contributed by atoms with Crippen molar-refractivity contribution in [3.63, 3.8) is 0 Å². The van der Waals surface area contributed by atoms with Crippen LogP contribution in [0, 0.1) is 0 Å². The molecule has 180 valence electrons. The molecule has 1 N–H and O–H groups in total. The molecular formula is C28H32O5S. The van der Waals surface area contributed by atoms with Crippen molar-refractivity contribution >= 4 is 34.9 Å². The number of ether oxygens (including phenoxy) is 1. The van der Waals surface area contributed by atoms with E-state index in [1.807, 2.05) is 41.5 Å². The molecule has 34 heavy (non-hydrogen) atoms. The van der Waals surface area contributed by atoms with Gasteiger partial charge in [0.15, 0.2) is 5.78 Å². The SMILES string of the molecule is CCOC(=O)CSC1=C(c2cc(C(C)(C)C)c(O)c(C(C)(C)C)c2)C(=O)c2ccccc2C1=O. The Labute approximate surface area is 205 Å². The van der Waals surface area contributed by atoms with Gasteiger partial charge in [-0.25, -0.2) is 0 Å². The topological polar surface area (TPSA) is 80.7 Å². The van der Waals surface area contributed by atoms with Crippen LogP contribution in [0.1, 0.15) is 85.9 Å². The fourth-order valence-electron chi connectivity index (χ4n) is 4.01. The van der Waals surface area contributed by atoms with Crippen LogP contribution in [0.2, 0.25) is 0 Å². The lowest BCUT2D eigenvalue weighted by Gasteiger charge is -2.29. The van der Waals surface area contributed by atoms with Gasteiger partial charge in [0, 0.05) is 27.8 Å². The first-order chi connectivity index (χ1) is 15.8. The lowest BCUT2D eigenvalue weighted by atomic mass is 9.76. The predicted octanol–water partition coefficient (Wildman–Crippen LogP) is 6.07. The Morgan fingerprint density at radius 3 is 1.88 bits per heavy atom. The second kappa shape index (κ2) is 9.41. The molecule has 1 aliphatic rings. The first-order valence-electron chi connectivity index (χ1n) is 11.4. The Morgan fingerprint density at radius 1 is 0.912 bits per heavy atom. The van der Waals surface area contributed by atoms with Gasteiger partial charge in [0.2, 0.25) is 5.78 Å². The van der Waals surface area contributed by atoms with E-state index in [1.165, 1.54) is 0 Å². The summed E-state index contributed by atoms with van der Waals surface area (Å²) in [6.45, 7) is 13.9. The van der Waals surface area contributed by atoms with E-state index in [-0.39, 0.29) is 40.2 Å². The molecule has 0 fully saturated rings. The summed E-state index contributed by atoms with van der Waals surface area (Å²) in [4.78, 5) is 39.6. The Hall–Kier alpha value is -2.86. The van der Waals surface area contributed by atoms with E-state index in [9.17, 15) is 19.5 Å². The fraction of sp³-hybridized carbons (Fsp3) is 0.393. The van der Waals surface area contributed by atoms with E-state index < -0.39 is 16.8 Å². The van der Waals surface area contributed by atoms with E-state index in [0.29, 0.717) is 27.8 Å². The van der Waals surface area contributed by atoms with Crippen LogP contribution in [-0.2, 0) is 20.4 Å². The van der Waals surface area contributed by atoms with Crippen molar-refractivity contribution in [3.8, 4) is 5.75 Å². The standard InChI is InChI=1S/C28H32O5S/c1-8-33-21(29)15-34-26-22(23(30)17-11-9-10-12-18(17)24(26)31)16-13-19(27(2,3)4)25(32)20(14-16)28(5,6)7/h9-14,32H,8,15H2,1-7H3. The Kier molecular flexibility index (Phi) is 7.13. The lowest BCUT2D eigenvalue weighted by molar-refractivity contribution is -0.139. The van der Waals surface area contributed by atoms with Crippen LogP contribution < -0.4 is 0 Å². The molecule has 0 spiro atoms. The Bertz CT molecular complexity index is 1160. The average Bonchev–Trinajstić information content (AvgIpc) is 2.74. The maximum absolute atomic E-state index is 13.7. The van der Waals surface area contributed by atoms with Crippen LogP contribution >= 0.6 is 11.8 Å². The number of ketones is 2. The lowest BCUT2D eigenvalue weighted by Crippen LogP contribution is -2.23. The van der Waals surface area contributed by atoms with Gasteiger partial charge >= 0.3 is 5.97 Å². The van der Waals surface area contributed by atoms with Crippen LogP contribution in [0.5, 0.6) is 5.75 Å². The molecule has 0 amide bonds. The van der Waals surface area contributed by atoms with Crippen molar-refractivity contribution in [2.24, 2.45) is 0 Å². The number of fused-ring (bicyclic) bond motifs is 1. The van der Waals surface area contributed by atoms with Gasteiger partial charge in [-0.2, -0.15) is 0 Å². The second-order valence-electron chi connectivity index (χ2n) is 10.4. The van der Waals surface area contributed by atoms with E-state index >= 15 is 0 Å². The van der Waals surface area contributed by atoms with E-state index in [4.69, 9.17) is 4.74 Å². The van der Waals surface area contributed by atoms with Crippen molar-refractivity contribution < 1.29 is 24.2 Å². The molecule has 0 unspecified atom stereocenters. The zero-order chi connectivity index (χ0) is 25.4. The number of rotatable bonds is 5. The smallest absolute Gasteiger partial charge is 0.316 e. The molecule has 0 saturated carbocycles. The van der Waals surface area contributed by atoms with Gasteiger partial charge in [-0.3, -0.25) is 14.4 Å². The molecule has 5 nitrogen and oxygen atoms in total. The van der Waals surface area contributed by atoms with E-state index in [1.54, 1.807) is 43.3 Å². The normalized spacial score (nSPS) is 14.3. The van der Waals surface area contributed by atoms with Gasteiger partial charge in [0.25, 0.3) is 0 Å². The highest BCUT2D eigenvalue weighted by molar-refractivity contribution is 8.04. The van der Waals surface area contributed by atoms with Gasteiger partial charge < -0.3 is 9.84 Å². The molecule has 0 atom stereocenters. The van der Waals surface area contributed by atoms with Gasteiger partial charge in [-0.1, -0.05) is 65.8 Å². The maximum atomic E-state index is 13.7. The minimum absolute atomic E-state index is 0.0792. The number of hydrogen-bond donors (Lipinski definition) is 1. The van der Waals surface area contributed by atoms with Crippen molar-refractivity contribution in [3.05, 3.63) is 69.1 Å². The Balaban J connectivity index is 2.31. The number of phenols is 1. The quantitative estimate of drug-likeness (QED) is 0.523. The summed E-state index contributed by atoms with van der Waals surface area (Å²) in [5, 5.41) is 11.1. The molecule has 0 saturated heterocycles. The van der Waals surface area contributed by atoms with Crippen molar-refractivity contribution in [2.45, 2.75) is 59.3 Å². The number of esters is 1. The first-order valence-corrected chi connectivity index (χ1v) is 12.3. The zero-order valence-electron chi connectivity index (χ0n) is 20.9. The monoisotopic (exact) mass is 480 g/mol. The van der Waals surface area contributed by atoms with Crippen molar-refractivity contribution in [1.29, 1.82) is 0 Å². The van der Waals surface area contributed by atoms with Crippen molar-refractivity contribution in [1.82, 2.24) is 0 Å². The summed E-state index contributed by atoms with van der Waals surface area (Å²) in [5.74, 6) is -0.895. The van der Waals surface area contributed by atoms with Crippen LogP contribution in [-0.4, -0.2) is 35.0 Å². The summed E-state index contributed by atoms with van der Waals surface area (Å²) in [6.07, 6.45) is 0. The molecule has 0 radical (unpaired) electrons. The molecule has 0 bridgehead atoms.